The average Bonchev–Trinajstić information content (AvgIpc) is 2.78. The summed E-state index contributed by atoms with van der Waals surface area (Å²) in [7, 11) is -4.18. The smallest absolute Gasteiger partial charge is 0.459 e. The molecular formula is C21H27FN3O9P. The van der Waals surface area contributed by atoms with Crippen LogP contribution >= 0.6 is 7.75 Å². The lowest BCUT2D eigenvalue weighted by molar-refractivity contribution is -0.150. The third-order valence-electron chi connectivity index (χ3n) is 4.90. The van der Waals surface area contributed by atoms with Gasteiger partial charge < -0.3 is 19.1 Å². The number of H-pyrrole nitrogens is 1. The number of ether oxygens (including phenoxy) is 2. The lowest BCUT2D eigenvalue weighted by atomic mass is 10.1. The molecule has 2 heterocycles. The van der Waals surface area contributed by atoms with E-state index in [1.54, 1.807) is 32.0 Å². The Labute approximate surface area is 199 Å². The molecule has 192 valence electrons. The molecule has 0 spiro atoms. The zero-order valence-corrected chi connectivity index (χ0v) is 20.1. The van der Waals surface area contributed by atoms with Crippen LogP contribution < -0.4 is 20.9 Å². The number of nitrogens with one attached hydrogen (secondary N) is 2. The summed E-state index contributed by atoms with van der Waals surface area (Å²) in [4.78, 5) is 37.9. The number of aliphatic hydroxyl groups excluding tert-OH is 1. The van der Waals surface area contributed by atoms with Crippen LogP contribution in [-0.2, 0) is 23.4 Å². The van der Waals surface area contributed by atoms with E-state index in [-0.39, 0.29) is 5.75 Å². The molecule has 1 unspecified atom stereocenters. The number of aromatic amines is 1. The molecule has 5 atom stereocenters. The number of para-hydroxylation sites is 1. The lowest BCUT2D eigenvalue weighted by Crippen LogP contribution is -2.40. The number of halogens is 1. The first-order valence-electron chi connectivity index (χ1n) is 10.8. The van der Waals surface area contributed by atoms with E-state index < -0.39 is 68.8 Å². The van der Waals surface area contributed by atoms with Crippen molar-refractivity contribution >= 4 is 13.7 Å². The number of rotatable bonds is 10. The molecule has 14 heteroatoms. The SMILES string of the molecule is CC(C)OC(=O)[C@H]1NP(=O)(OC[C@@H](O[C@H](CF)n2ccc(=O)[nH]c2=O)[C@H](C)O)Oc2ccccc21. The molecule has 0 fully saturated rings. The molecule has 12 nitrogen and oxygen atoms in total. The van der Waals surface area contributed by atoms with Crippen LogP contribution in [0.3, 0.4) is 0 Å². The van der Waals surface area contributed by atoms with Gasteiger partial charge in [0, 0.05) is 17.8 Å². The largest absolute Gasteiger partial charge is 0.462 e. The van der Waals surface area contributed by atoms with Gasteiger partial charge in [-0.1, -0.05) is 18.2 Å². The van der Waals surface area contributed by atoms with E-state index in [1.165, 1.54) is 13.0 Å². The van der Waals surface area contributed by atoms with Crippen molar-refractivity contribution < 1.29 is 37.4 Å². The number of benzene rings is 1. The molecule has 0 aliphatic carbocycles. The van der Waals surface area contributed by atoms with E-state index in [9.17, 15) is 28.4 Å². The van der Waals surface area contributed by atoms with Crippen molar-refractivity contribution in [2.75, 3.05) is 13.3 Å². The quantitative estimate of drug-likeness (QED) is 0.313. The number of aliphatic hydroxyl groups is 1. The molecule has 3 rings (SSSR count). The fourth-order valence-electron chi connectivity index (χ4n) is 3.23. The Balaban J connectivity index is 1.78. The second kappa shape index (κ2) is 11.3. The Morgan fingerprint density at radius 1 is 1.26 bits per heavy atom. The average molecular weight is 515 g/mol. The van der Waals surface area contributed by atoms with Gasteiger partial charge >= 0.3 is 19.4 Å². The number of carbonyl (C=O) groups is 1. The Morgan fingerprint density at radius 3 is 2.60 bits per heavy atom. The fourth-order valence-corrected chi connectivity index (χ4v) is 4.73. The number of hydrogen-bond acceptors (Lipinski definition) is 9. The fraction of sp³-hybridized carbons (Fsp3) is 0.476. The number of hydrogen-bond donors (Lipinski definition) is 3. The number of esters is 1. The summed E-state index contributed by atoms with van der Waals surface area (Å²) in [6.07, 6.45) is -3.43. The van der Waals surface area contributed by atoms with E-state index in [0.717, 1.165) is 16.8 Å². The second-order valence-electron chi connectivity index (χ2n) is 8.01. The van der Waals surface area contributed by atoms with Crippen molar-refractivity contribution in [3.05, 3.63) is 62.9 Å². The minimum Gasteiger partial charge on any atom is -0.462 e. The molecule has 0 radical (unpaired) electrons. The summed E-state index contributed by atoms with van der Waals surface area (Å²) < 4.78 is 49.5. The van der Waals surface area contributed by atoms with Crippen LogP contribution in [0.2, 0.25) is 0 Å². The van der Waals surface area contributed by atoms with Crippen LogP contribution in [0.15, 0.2) is 46.1 Å². The first kappa shape index (κ1) is 26.8. The van der Waals surface area contributed by atoms with Gasteiger partial charge in [0.2, 0.25) is 0 Å². The van der Waals surface area contributed by atoms with Gasteiger partial charge in [-0.15, -0.1) is 0 Å². The molecule has 35 heavy (non-hydrogen) atoms. The third-order valence-corrected chi connectivity index (χ3v) is 6.40. The topological polar surface area (TPSA) is 158 Å². The zero-order chi connectivity index (χ0) is 25.8. The van der Waals surface area contributed by atoms with E-state index in [4.69, 9.17) is 18.5 Å². The van der Waals surface area contributed by atoms with Crippen LogP contribution in [0.1, 0.15) is 38.6 Å². The Kier molecular flexibility index (Phi) is 8.62. The van der Waals surface area contributed by atoms with E-state index in [2.05, 4.69) is 5.09 Å². The summed E-state index contributed by atoms with van der Waals surface area (Å²) in [6.45, 7) is 2.91. The van der Waals surface area contributed by atoms with Crippen LogP contribution in [0.4, 0.5) is 4.39 Å². The molecule has 1 aliphatic rings. The maximum atomic E-state index is 13.7. The van der Waals surface area contributed by atoms with Crippen LogP contribution in [0.5, 0.6) is 5.75 Å². The van der Waals surface area contributed by atoms with E-state index in [1.807, 2.05) is 4.98 Å². The van der Waals surface area contributed by atoms with Gasteiger partial charge in [0.25, 0.3) is 5.56 Å². The molecule has 2 aromatic rings. The Morgan fingerprint density at radius 2 is 1.97 bits per heavy atom. The summed E-state index contributed by atoms with van der Waals surface area (Å²) in [5.74, 6) is -0.561. The standard InChI is InChI=1S/C21H27FN3O9P/c1-12(2)32-20(28)19-14-6-4-5-7-15(14)34-35(30,24-19)31-11-16(13(3)26)33-18(10-22)25-9-8-17(27)23-21(25)29/h4-9,12-13,16,18-19,26H,10-11H2,1-3H3,(H,24,30)(H,23,27,29)/t13-,16+,18+,19-,35?/m0/s1. The molecule has 0 saturated carbocycles. The highest BCUT2D eigenvalue weighted by Crippen LogP contribution is 2.52. The normalized spacial score (nSPS) is 22.1. The summed E-state index contributed by atoms with van der Waals surface area (Å²) >= 11 is 0. The zero-order valence-electron chi connectivity index (χ0n) is 19.3. The minimum atomic E-state index is -4.18. The first-order chi connectivity index (χ1) is 16.5. The highest BCUT2D eigenvalue weighted by Gasteiger charge is 2.42. The number of alkyl halides is 1. The second-order valence-corrected chi connectivity index (χ2v) is 9.71. The van der Waals surface area contributed by atoms with Crippen LogP contribution in [0, 0.1) is 0 Å². The highest BCUT2D eigenvalue weighted by atomic mass is 31.2. The van der Waals surface area contributed by atoms with Crippen LogP contribution in [0.25, 0.3) is 0 Å². The van der Waals surface area contributed by atoms with Crippen molar-refractivity contribution in [2.24, 2.45) is 0 Å². The Bertz CT molecular complexity index is 1200. The number of nitrogens with zero attached hydrogens (tertiary/aromatic N) is 1. The summed E-state index contributed by atoms with van der Waals surface area (Å²) in [5.41, 5.74) is -1.20. The molecule has 0 amide bonds. The maximum Gasteiger partial charge on any atom is 0.459 e. The molecule has 0 saturated heterocycles. The number of carbonyl (C=O) groups excluding carboxylic acids is 1. The van der Waals surface area contributed by atoms with Crippen molar-refractivity contribution in [3.8, 4) is 5.75 Å². The van der Waals surface area contributed by atoms with Gasteiger partial charge in [-0.2, -0.15) is 5.09 Å². The molecular weight excluding hydrogens is 488 g/mol. The molecule has 1 aromatic heterocycles. The van der Waals surface area contributed by atoms with Gasteiger partial charge in [-0.3, -0.25) is 18.9 Å². The van der Waals surface area contributed by atoms with Gasteiger partial charge in [-0.25, -0.2) is 18.5 Å². The molecule has 1 aromatic carbocycles. The van der Waals surface area contributed by atoms with Crippen molar-refractivity contribution in [1.29, 1.82) is 0 Å². The summed E-state index contributed by atoms with van der Waals surface area (Å²) in [6, 6.07) is 6.25. The Hall–Kier alpha value is -2.83. The molecule has 1 aliphatic heterocycles. The number of aromatic nitrogens is 2. The van der Waals surface area contributed by atoms with Crippen molar-refractivity contribution in [1.82, 2.24) is 14.6 Å². The maximum absolute atomic E-state index is 13.7. The van der Waals surface area contributed by atoms with E-state index >= 15 is 0 Å². The molecule has 3 N–H and O–H groups in total. The van der Waals surface area contributed by atoms with Gasteiger partial charge in [0.1, 0.15) is 24.6 Å². The number of fused-ring (bicyclic) bond motifs is 1. The first-order valence-corrected chi connectivity index (χ1v) is 12.3. The summed E-state index contributed by atoms with van der Waals surface area (Å²) in [5, 5.41) is 12.7. The monoisotopic (exact) mass is 515 g/mol. The van der Waals surface area contributed by atoms with E-state index in [0.29, 0.717) is 5.56 Å². The molecule has 0 bridgehead atoms. The predicted molar refractivity (Wildman–Crippen MR) is 121 cm³/mol. The van der Waals surface area contributed by atoms with Gasteiger partial charge in [0.15, 0.2) is 6.23 Å². The highest BCUT2D eigenvalue weighted by molar-refractivity contribution is 7.52. The minimum absolute atomic E-state index is 0.135. The predicted octanol–water partition coefficient (Wildman–Crippen LogP) is 1.57. The van der Waals surface area contributed by atoms with Gasteiger partial charge in [0.05, 0.1) is 18.8 Å². The lowest BCUT2D eigenvalue weighted by Gasteiger charge is -2.33. The third kappa shape index (κ3) is 6.65. The van der Waals surface area contributed by atoms with Crippen molar-refractivity contribution in [2.45, 2.75) is 51.4 Å². The van der Waals surface area contributed by atoms with Crippen molar-refractivity contribution in [3.63, 3.8) is 0 Å². The van der Waals surface area contributed by atoms with Gasteiger partial charge in [-0.05, 0) is 26.8 Å². The van der Waals surface area contributed by atoms with Crippen LogP contribution in [-0.4, -0.2) is 52.2 Å².